The zero-order valence-electron chi connectivity index (χ0n) is 19.4. The standard InChI is InChI=1S/C27H28N4O4/c28-26(33)23-11-4-5-12-24(23)35-19-20-7-6-8-21(17-20)27(34)31-15-13-30(14-16-31)18-25(32)29-22-9-2-1-3-10-22/h1-12,17H,13-16,18-19H2,(H2,28,33)(H,29,32). The maximum Gasteiger partial charge on any atom is 0.253 e. The number of ether oxygens (including phenoxy) is 1. The van der Waals surface area contributed by atoms with Crippen LogP contribution in [0.3, 0.4) is 0 Å². The third-order valence-corrected chi connectivity index (χ3v) is 5.81. The number of benzene rings is 3. The van der Waals surface area contributed by atoms with Crippen molar-refractivity contribution in [1.82, 2.24) is 9.80 Å². The predicted octanol–water partition coefficient (Wildman–Crippen LogP) is 2.76. The minimum Gasteiger partial charge on any atom is -0.488 e. The van der Waals surface area contributed by atoms with Crippen LogP contribution in [0, 0.1) is 0 Å². The van der Waals surface area contributed by atoms with Gasteiger partial charge in [0, 0.05) is 37.4 Å². The van der Waals surface area contributed by atoms with Gasteiger partial charge >= 0.3 is 0 Å². The van der Waals surface area contributed by atoms with Gasteiger partial charge in [0.1, 0.15) is 12.4 Å². The lowest BCUT2D eigenvalue weighted by molar-refractivity contribution is -0.117. The molecule has 3 aromatic rings. The van der Waals surface area contributed by atoms with E-state index in [1.807, 2.05) is 47.4 Å². The maximum absolute atomic E-state index is 13.1. The van der Waals surface area contributed by atoms with Gasteiger partial charge in [-0.1, -0.05) is 42.5 Å². The molecule has 0 bridgehead atoms. The van der Waals surface area contributed by atoms with Crippen molar-refractivity contribution in [3.8, 4) is 5.75 Å². The third kappa shape index (κ3) is 6.45. The number of anilines is 1. The van der Waals surface area contributed by atoms with E-state index in [2.05, 4.69) is 5.32 Å². The first kappa shape index (κ1) is 24.0. The number of nitrogens with zero attached hydrogens (tertiary/aromatic N) is 2. The fraction of sp³-hybridized carbons (Fsp3) is 0.222. The monoisotopic (exact) mass is 472 g/mol. The van der Waals surface area contributed by atoms with Gasteiger partial charge in [-0.15, -0.1) is 0 Å². The van der Waals surface area contributed by atoms with Crippen LogP contribution in [0.1, 0.15) is 26.3 Å². The van der Waals surface area contributed by atoms with E-state index in [9.17, 15) is 14.4 Å². The van der Waals surface area contributed by atoms with Crippen molar-refractivity contribution in [3.63, 3.8) is 0 Å². The van der Waals surface area contributed by atoms with E-state index < -0.39 is 5.91 Å². The van der Waals surface area contributed by atoms with Crippen molar-refractivity contribution in [2.75, 3.05) is 38.0 Å². The highest BCUT2D eigenvalue weighted by Gasteiger charge is 2.23. The molecule has 8 heteroatoms. The number of carbonyl (C=O) groups excluding carboxylic acids is 3. The topological polar surface area (TPSA) is 105 Å². The number of nitrogens with two attached hydrogens (primary N) is 1. The summed E-state index contributed by atoms with van der Waals surface area (Å²) in [5.41, 5.74) is 7.88. The van der Waals surface area contributed by atoms with E-state index in [0.717, 1.165) is 11.3 Å². The van der Waals surface area contributed by atoms with E-state index in [4.69, 9.17) is 10.5 Å². The zero-order valence-corrected chi connectivity index (χ0v) is 19.4. The molecule has 4 rings (SSSR count). The van der Waals surface area contributed by atoms with Crippen LogP contribution in [0.5, 0.6) is 5.75 Å². The summed E-state index contributed by atoms with van der Waals surface area (Å²) < 4.78 is 5.79. The Kier molecular flexibility index (Phi) is 7.74. The Bertz CT molecular complexity index is 1190. The second kappa shape index (κ2) is 11.3. The Labute approximate surface area is 204 Å². The number of hydrogen-bond acceptors (Lipinski definition) is 5. The maximum atomic E-state index is 13.1. The number of piperazine rings is 1. The van der Waals surface area contributed by atoms with Gasteiger partial charge in [-0.3, -0.25) is 19.3 Å². The summed E-state index contributed by atoms with van der Waals surface area (Å²) in [6.07, 6.45) is 0. The van der Waals surface area contributed by atoms with E-state index in [-0.39, 0.29) is 25.0 Å². The molecular weight excluding hydrogens is 444 g/mol. The minimum atomic E-state index is -0.554. The Morgan fingerprint density at radius 1 is 0.857 bits per heavy atom. The highest BCUT2D eigenvalue weighted by Crippen LogP contribution is 2.19. The summed E-state index contributed by atoms with van der Waals surface area (Å²) in [7, 11) is 0. The molecule has 0 aromatic heterocycles. The van der Waals surface area contributed by atoms with Crippen LogP contribution >= 0.6 is 0 Å². The number of amides is 3. The van der Waals surface area contributed by atoms with Crippen LogP contribution in [0.15, 0.2) is 78.9 Å². The molecule has 1 heterocycles. The van der Waals surface area contributed by atoms with Crippen molar-refractivity contribution >= 4 is 23.4 Å². The molecule has 1 aliphatic rings. The molecule has 1 fully saturated rings. The molecule has 0 radical (unpaired) electrons. The number of hydrogen-bond donors (Lipinski definition) is 2. The summed E-state index contributed by atoms with van der Waals surface area (Å²) in [6.45, 7) is 2.84. The predicted molar refractivity (Wildman–Crippen MR) is 133 cm³/mol. The summed E-state index contributed by atoms with van der Waals surface area (Å²) in [4.78, 5) is 40.8. The van der Waals surface area contributed by atoms with Crippen molar-refractivity contribution in [2.45, 2.75) is 6.61 Å². The Balaban J connectivity index is 1.29. The molecular formula is C27H28N4O4. The number of rotatable bonds is 8. The van der Waals surface area contributed by atoms with Crippen LogP contribution in [-0.4, -0.2) is 60.2 Å². The molecule has 0 spiro atoms. The smallest absolute Gasteiger partial charge is 0.253 e. The van der Waals surface area contributed by atoms with Crippen LogP contribution in [-0.2, 0) is 11.4 Å². The molecule has 3 aromatic carbocycles. The summed E-state index contributed by atoms with van der Waals surface area (Å²) >= 11 is 0. The average Bonchev–Trinajstić information content (AvgIpc) is 2.88. The molecule has 0 aliphatic carbocycles. The zero-order chi connectivity index (χ0) is 24.6. The van der Waals surface area contributed by atoms with Crippen LogP contribution in [0.2, 0.25) is 0 Å². The molecule has 35 heavy (non-hydrogen) atoms. The average molecular weight is 473 g/mol. The van der Waals surface area contributed by atoms with Crippen LogP contribution in [0.4, 0.5) is 5.69 Å². The van der Waals surface area contributed by atoms with E-state index >= 15 is 0 Å². The summed E-state index contributed by atoms with van der Waals surface area (Å²) in [6, 6.07) is 23.4. The summed E-state index contributed by atoms with van der Waals surface area (Å²) in [5, 5.41) is 2.89. The van der Waals surface area contributed by atoms with Crippen LogP contribution < -0.4 is 15.8 Å². The van der Waals surface area contributed by atoms with Gasteiger partial charge in [-0.05, 0) is 42.0 Å². The highest BCUT2D eigenvalue weighted by atomic mass is 16.5. The highest BCUT2D eigenvalue weighted by molar-refractivity contribution is 5.96. The number of para-hydroxylation sites is 2. The van der Waals surface area contributed by atoms with Crippen molar-refractivity contribution in [1.29, 1.82) is 0 Å². The van der Waals surface area contributed by atoms with E-state index in [1.165, 1.54) is 0 Å². The lowest BCUT2D eigenvalue weighted by atomic mass is 10.1. The molecule has 1 saturated heterocycles. The molecule has 0 saturated carbocycles. The van der Waals surface area contributed by atoms with Gasteiger partial charge in [0.15, 0.2) is 0 Å². The molecule has 0 atom stereocenters. The molecule has 180 valence electrons. The Morgan fingerprint density at radius 3 is 2.31 bits per heavy atom. The first-order chi connectivity index (χ1) is 17.0. The molecule has 3 N–H and O–H groups in total. The fourth-order valence-electron chi connectivity index (χ4n) is 3.97. The largest absolute Gasteiger partial charge is 0.488 e. The molecule has 1 aliphatic heterocycles. The van der Waals surface area contributed by atoms with Gasteiger partial charge < -0.3 is 20.7 Å². The fourth-order valence-corrected chi connectivity index (χ4v) is 3.97. The molecule has 3 amide bonds. The molecule has 8 nitrogen and oxygen atoms in total. The van der Waals surface area contributed by atoms with Crippen LogP contribution in [0.25, 0.3) is 0 Å². The van der Waals surface area contributed by atoms with E-state index in [1.54, 1.807) is 41.3 Å². The number of carbonyl (C=O) groups is 3. The lowest BCUT2D eigenvalue weighted by Crippen LogP contribution is -2.50. The quantitative estimate of drug-likeness (QED) is 0.525. The minimum absolute atomic E-state index is 0.0576. The van der Waals surface area contributed by atoms with E-state index in [0.29, 0.717) is 43.1 Å². The van der Waals surface area contributed by atoms with Gasteiger partial charge in [-0.2, -0.15) is 0 Å². The Hall–Kier alpha value is -4.17. The number of primary amides is 1. The normalized spacial score (nSPS) is 13.8. The van der Waals surface area contributed by atoms with Crippen molar-refractivity contribution in [2.24, 2.45) is 5.73 Å². The van der Waals surface area contributed by atoms with Gasteiger partial charge in [-0.25, -0.2) is 0 Å². The van der Waals surface area contributed by atoms with Gasteiger partial charge in [0.05, 0.1) is 12.1 Å². The molecule has 0 unspecified atom stereocenters. The first-order valence-corrected chi connectivity index (χ1v) is 11.5. The van der Waals surface area contributed by atoms with Crippen molar-refractivity contribution in [3.05, 3.63) is 95.6 Å². The number of nitrogens with one attached hydrogen (secondary N) is 1. The van der Waals surface area contributed by atoms with Gasteiger partial charge in [0.2, 0.25) is 5.91 Å². The SMILES string of the molecule is NC(=O)c1ccccc1OCc1cccc(C(=O)N2CCN(CC(=O)Nc3ccccc3)CC2)c1. The van der Waals surface area contributed by atoms with Crippen molar-refractivity contribution < 1.29 is 19.1 Å². The van der Waals surface area contributed by atoms with Gasteiger partial charge in [0.25, 0.3) is 11.8 Å². The summed E-state index contributed by atoms with van der Waals surface area (Å²) in [5.74, 6) is -0.273. The Morgan fingerprint density at radius 2 is 1.57 bits per heavy atom. The lowest BCUT2D eigenvalue weighted by Gasteiger charge is -2.34. The second-order valence-electron chi connectivity index (χ2n) is 8.33. The first-order valence-electron chi connectivity index (χ1n) is 11.5. The second-order valence-corrected chi connectivity index (χ2v) is 8.33. The third-order valence-electron chi connectivity index (χ3n) is 5.81.